The van der Waals surface area contributed by atoms with Gasteiger partial charge in [0.25, 0.3) is 0 Å². The van der Waals surface area contributed by atoms with Gasteiger partial charge >= 0.3 is 0 Å². The Morgan fingerprint density at radius 2 is 2.16 bits per heavy atom. The molecule has 0 bridgehead atoms. The fraction of sp³-hybridized carbons (Fsp3) is 0.632. The van der Waals surface area contributed by atoms with Gasteiger partial charge in [0, 0.05) is 31.8 Å². The van der Waals surface area contributed by atoms with Crippen LogP contribution in [-0.2, 0) is 9.53 Å². The van der Waals surface area contributed by atoms with Gasteiger partial charge in [-0.15, -0.1) is 0 Å². The summed E-state index contributed by atoms with van der Waals surface area (Å²) in [6.45, 7) is 4.19. The zero-order valence-corrected chi connectivity index (χ0v) is 14.9. The van der Waals surface area contributed by atoms with Crippen molar-refractivity contribution in [2.45, 2.75) is 51.0 Å². The molecule has 2 aromatic rings. The van der Waals surface area contributed by atoms with Gasteiger partial charge in [0.05, 0.1) is 6.04 Å². The van der Waals surface area contributed by atoms with Gasteiger partial charge in [-0.1, -0.05) is 12.8 Å². The molecule has 1 amide bonds. The average molecular weight is 342 g/mol. The van der Waals surface area contributed by atoms with Crippen molar-refractivity contribution in [3.63, 3.8) is 0 Å². The van der Waals surface area contributed by atoms with Crippen LogP contribution in [0.3, 0.4) is 0 Å². The highest BCUT2D eigenvalue weighted by Gasteiger charge is 2.33. The number of rotatable bonds is 5. The lowest BCUT2D eigenvalue weighted by Crippen LogP contribution is -2.32. The van der Waals surface area contributed by atoms with E-state index in [1.807, 2.05) is 30.2 Å². The third-order valence-electron chi connectivity index (χ3n) is 5.51. The molecule has 1 saturated carbocycles. The van der Waals surface area contributed by atoms with Crippen molar-refractivity contribution in [1.82, 2.24) is 19.4 Å². The van der Waals surface area contributed by atoms with Gasteiger partial charge in [-0.05, 0) is 38.3 Å². The van der Waals surface area contributed by atoms with E-state index in [0.29, 0.717) is 12.5 Å². The second kappa shape index (κ2) is 7.12. The predicted octanol–water partition coefficient (Wildman–Crippen LogP) is 2.90. The highest BCUT2D eigenvalue weighted by Crippen LogP contribution is 2.37. The predicted molar refractivity (Wildman–Crippen MR) is 95.5 cm³/mol. The number of carbonyl (C=O) groups is 1. The SMILES string of the molecule is CCOCC(=O)N1CC[C@@H](n2c(C3CCCC3)nc3cccnc32)C1. The van der Waals surface area contributed by atoms with Crippen molar-refractivity contribution in [2.24, 2.45) is 0 Å². The van der Waals surface area contributed by atoms with Gasteiger partial charge in [0.1, 0.15) is 17.9 Å². The zero-order chi connectivity index (χ0) is 17.2. The summed E-state index contributed by atoms with van der Waals surface area (Å²) < 4.78 is 7.62. The quantitative estimate of drug-likeness (QED) is 0.838. The number of carbonyl (C=O) groups excluding carboxylic acids is 1. The second-order valence-corrected chi connectivity index (χ2v) is 7.09. The molecular weight excluding hydrogens is 316 g/mol. The third kappa shape index (κ3) is 3.15. The Morgan fingerprint density at radius 1 is 1.32 bits per heavy atom. The van der Waals surface area contributed by atoms with Crippen LogP contribution in [0.4, 0.5) is 0 Å². The minimum Gasteiger partial charge on any atom is -0.372 e. The minimum absolute atomic E-state index is 0.0872. The molecule has 1 saturated heterocycles. The number of amides is 1. The summed E-state index contributed by atoms with van der Waals surface area (Å²) in [7, 11) is 0. The number of pyridine rings is 1. The molecule has 2 fully saturated rings. The van der Waals surface area contributed by atoms with E-state index in [4.69, 9.17) is 9.72 Å². The van der Waals surface area contributed by atoms with Crippen molar-refractivity contribution < 1.29 is 9.53 Å². The summed E-state index contributed by atoms with van der Waals surface area (Å²) in [4.78, 5) is 23.7. The Morgan fingerprint density at radius 3 is 2.96 bits per heavy atom. The molecular formula is C19H26N4O2. The van der Waals surface area contributed by atoms with Gasteiger partial charge in [-0.2, -0.15) is 0 Å². The highest BCUT2D eigenvalue weighted by molar-refractivity contribution is 5.78. The van der Waals surface area contributed by atoms with Crippen LogP contribution < -0.4 is 0 Å². The van der Waals surface area contributed by atoms with Crippen LogP contribution in [0, 0.1) is 0 Å². The molecule has 1 aliphatic heterocycles. The summed E-state index contributed by atoms with van der Waals surface area (Å²) >= 11 is 0. The number of hydrogen-bond donors (Lipinski definition) is 0. The van der Waals surface area contributed by atoms with Crippen LogP contribution in [0.15, 0.2) is 18.3 Å². The van der Waals surface area contributed by atoms with E-state index in [1.165, 1.54) is 31.5 Å². The Labute approximate surface area is 148 Å². The average Bonchev–Trinajstić information content (AvgIpc) is 3.37. The topological polar surface area (TPSA) is 60.2 Å². The van der Waals surface area contributed by atoms with Crippen LogP contribution in [0.2, 0.25) is 0 Å². The number of fused-ring (bicyclic) bond motifs is 1. The molecule has 2 aromatic heterocycles. The summed E-state index contributed by atoms with van der Waals surface area (Å²) in [5.41, 5.74) is 1.94. The normalized spacial score (nSPS) is 21.5. The molecule has 6 heteroatoms. The molecule has 25 heavy (non-hydrogen) atoms. The lowest BCUT2D eigenvalue weighted by Gasteiger charge is -2.20. The molecule has 0 radical (unpaired) electrons. The zero-order valence-electron chi connectivity index (χ0n) is 14.9. The van der Waals surface area contributed by atoms with E-state index < -0.39 is 0 Å². The molecule has 6 nitrogen and oxygen atoms in total. The Kier molecular flexibility index (Phi) is 4.70. The van der Waals surface area contributed by atoms with E-state index >= 15 is 0 Å². The summed E-state index contributed by atoms with van der Waals surface area (Å²) in [6.07, 6.45) is 7.79. The van der Waals surface area contributed by atoms with Gasteiger partial charge in [-0.25, -0.2) is 9.97 Å². The third-order valence-corrected chi connectivity index (χ3v) is 5.51. The van der Waals surface area contributed by atoms with Crippen molar-refractivity contribution in [3.05, 3.63) is 24.2 Å². The molecule has 0 N–H and O–H groups in total. The fourth-order valence-corrected chi connectivity index (χ4v) is 4.24. The molecule has 134 valence electrons. The molecule has 1 aliphatic carbocycles. The van der Waals surface area contributed by atoms with Crippen molar-refractivity contribution in [3.8, 4) is 0 Å². The van der Waals surface area contributed by atoms with Crippen molar-refractivity contribution >= 4 is 17.1 Å². The summed E-state index contributed by atoms with van der Waals surface area (Å²) in [6, 6.07) is 4.26. The number of ether oxygens (including phenoxy) is 1. The van der Waals surface area contributed by atoms with Gasteiger partial charge in [-0.3, -0.25) is 4.79 Å². The summed E-state index contributed by atoms with van der Waals surface area (Å²) in [5, 5.41) is 0. The highest BCUT2D eigenvalue weighted by atomic mass is 16.5. The molecule has 0 spiro atoms. The van der Waals surface area contributed by atoms with Crippen LogP contribution >= 0.6 is 0 Å². The first kappa shape index (κ1) is 16.5. The van der Waals surface area contributed by atoms with E-state index in [1.54, 1.807) is 0 Å². The van der Waals surface area contributed by atoms with Crippen molar-refractivity contribution in [2.75, 3.05) is 26.3 Å². The molecule has 1 atom stereocenters. The lowest BCUT2D eigenvalue weighted by atomic mass is 10.1. The lowest BCUT2D eigenvalue weighted by molar-refractivity contribution is -0.135. The van der Waals surface area contributed by atoms with Gasteiger partial charge in [0.2, 0.25) is 5.91 Å². The van der Waals surface area contributed by atoms with Crippen LogP contribution in [0.25, 0.3) is 11.2 Å². The van der Waals surface area contributed by atoms with E-state index in [0.717, 1.165) is 30.7 Å². The molecule has 0 aromatic carbocycles. The monoisotopic (exact) mass is 342 g/mol. The van der Waals surface area contributed by atoms with Gasteiger partial charge in [0.15, 0.2) is 5.65 Å². The molecule has 3 heterocycles. The Bertz CT molecular complexity index is 751. The van der Waals surface area contributed by atoms with Crippen LogP contribution in [-0.4, -0.2) is 51.6 Å². The first-order valence-corrected chi connectivity index (χ1v) is 9.46. The Hall–Kier alpha value is -1.95. The second-order valence-electron chi connectivity index (χ2n) is 7.09. The number of imidazole rings is 1. The summed E-state index contributed by atoms with van der Waals surface area (Å²) in [5.74, 6) is 1.79. The van der Waals surface area contributed by atoms with E-state index in [-0.39, 0.29) is 18.6 Å². The molecule has 4 rings (SSSR count). The number of nitrogens with zero attached hydrogens (tertiary/aromatic N) is 4. The maximum absolute atomic E-state index is 12.3. The van der Waals surface area contributed by atoms with E-state index in [2.05, 4.69) is 9.55 Å². The number of hydrogen-bond acceptors (Lipinski definition) is 4. The first-order valence-electron chi connectivity index (χ1n) is 9.46. The minimum atomic E-state index is 0.0872. The largest absolute Gasteiger partial charge is 0.372 e. The Balaban J connectivity index is 1.62. The smallest absolute Gasteiger partial charge is 0.248 e. The maximum atomic E-state index is 12.3. The standard InChI is InChI=1S/C19H26N4O2/c1-2-25-13-17(24)22-11-9-15(12-22)23-18(14-6-3-4-7-14)21-16-8-5-10-20-19(16)23/h5,8,10,14-15H,2-4,6-7,9,11-13H2,1H3/t15-/m1/s1. The first-order chi connectivity index (χ1) is 12.3. The van der Waals surface area contributed by atoms with Gasteiger partial charge < -0.3 is 14.2 Å². The number of aromatic nitrogens is 3. The maximum Gasteiger partial charge on any atom is 0.248 e. The number of likely N-dealkylation sites (tertiary alicyclic amines) is 1. The van der Waals surface area contributed by atoms with E-state index in [9.17, 15) is 4.79 Å². The van der Waals surface area contributed by atoms with Crippen LogP contribution in [0.5, 0.6) is 0 Å². The molecule has 2 aliphatic rings. The van der Waals surface area contributed by atoms with Crippen LogP contribution in [0.1, 0.15) is 56.8 Å². The molecule has 0 unspecified atom stereocenters. The fourth-order valence-electron chi connectivity index (χ4n) is 4.24. The van der Waals surface area contributed by atoms with Crippen molar-refractivity contribution in [1.29, 1.82) is 0 Å².